The van der Waals surface area contributed by atoms with Crippen LogP contribution in [0.5, 0.6) is 0 Å². The van der Waals surface area contributed by atoms with Crippen molar-refractivity contribution >= 4 is 11.6 Å². The van der Waals surface area contributed by atoms with E-state index >= 15 is 0 Å². The lowest BCUT2D eigenvalue weighted by Crippen LogP contribution is -2.12. The highest BCUT2D eigenvalue weighted by atomic mass is 16.3. The van der Waals surface area contributed by atoms with Gasteiger partial charge >= 0.3 is 0 Å². The van der Waals surface area contributed by atoms with Gasteiger partial charge in [-0.3, -0.25) is 4.79 Å². The Hall–Kier alpha value is -2.07. The topological polar surface area (TPSA) is 68.3 Å². The van der Waals surface area contributed by atoms with Gasteiger partial charge in [0.05, 0.1) is 11.8 Å². The number of anilines is 1. The molecule has 2 aromatic rings. The van der Waals surface area contributed by atoms with Gasteiger partial charge in [0.15, 0.2) is 0 Å². The second-order valence-electron chi connectivity index (χ2n) is 3.88. The predicted molar refractivity (Wildman–Crippen MR) is 65.7 cm³/mol. The van der Waals surface area contributed by atoms with Crippen molar-refractivity contribution in [1.82, 2.24) is 0 Å². The third-order valence-electron chi connectivity index (χ3n) is 2.45. The number of hydrogen-bond donors (Lipinski definition) is 2. The first-order chi connectivity index (χ1) is 8.16. The number of nitrogens with one attached hydrogen (secondary N) is 1. The van der Waals surface area contributed by atoms with Gasteiger partial charge in [-0.05, 0) is 30.7 Å². The highest BCUT2D eigenvalue weighted by Crippen LogP contribution is 2.16. The first-order valence-corrected chi connectivity index (χ1v) is 5.36. The summed E-state index contributed by atoms with van der Waals surface area (Å²) in [5.74, 6) is -0.194. The van der Waals surface area contributed by atoms with E-state index in [0.717, 1.165) is 11.3 Å². The first kappa shape index (κ1) is 11.4. The van der Waals surface area contributed by atoms with Gasteiger partial charge < -0.3 is 15.5 Å². The summed E-state index contributed by atoms with van der Waals surface area (Å²) < 4.78 is 4.85. The minimum Gasteiger partial charge on any atom is -0.472 e. The molecule has 0 spiro atoms. The molecule has 0 bridgehead atoms. The average molecular weight is 230 g/mol. The minimum absolute atomic E-state index is 0.0548. The summed E-state index contributed by atoms with van der Waals surface area (Å²) in [6.45, 7) is 1.90. The number of furan rings is 1. The van der Waals surface area contributed by atoms with Gasteiger partial charge in [0, 0.05) is 11.7 Å². The Morgan fingerprint density at radius 2 is 2.24 bits per heavy atom. The molecule has 0 saturated heterocycles. The van der Waals surface area contributed by atoms with Crippen LogP contribution in [-0.2, 0) is 0 Å². The van der Waals surface area contributed by atoms with Crippen LogP contribution in [0.2, 0.25) is 0 Å². The molecular formula is C13H14N2O2. The monoisotopic (exact) mass is 230 g/mol. The number of amides is 1. The molecular weight excluding hydrogens is 216 g/mol. The van der Waals surface area contributed by atoms with E-state index in [-0.39, 0.29) is 11.9 Å². The van der Waals surface area contributed by atoms with Crippen molar-refractivity contribution in [2.75, 3.05) is 5.32 Å². The molecule has 1 atom stereocenters. The van der Waals surface area contributed by atoms with Crippen LogP contribution in [0.3, 0.4) is 0 Å². The molecule has 1 aromatic heterocycles. The second kappa shape index (κ2) is 4.84. The third kappa shape index (κ3) is 2.73. The van der Waals surface area contributed by atoms with Gasteiger partial charge in [-0.25, -0.2) is 0 Å². The number of benzene rings is 1. The molecule has 0 radical (unpaired) electrons. The zero-order valence-corrected chi connectivity index (χ0v) is 9.51. The maximum Gasteiger partial charge on any atom is 0.258 e. The number of hydrogen-bond acceptors (Lipinski definition) is 3. The quantitative estimate of drug-likeness (QED) is 0.851. The summed E-state index contributed by atoms with van der Waals surface area (Å²) in [6.07, 6.45) is 2.87. The number of carbonyl (C=O) groups is 1. The Morgan fingerprint density at radius 3 is 2.88 bits per heavy atom. The van der Waals surface area contributed by atoms with Gasteiger partial charge in [0.25, 0.3) is 5.91 Å². The van der Waals surface area contributed by atoms with Crippen molar-refractivity contribution in [1.29, 1.82) is 0 Å². The smallest absolute Gasteiger partial charge is 0.258 e. The van der Waals surface area contributed by atoms with Crippen molar-refractivity contribution in [3.8, 4) is 0 Å². The summed E-state index contributed by atoms with van der Waals surface area (Å²) in [6, 6.07) is 9.04. The molecule has 1 heterocycles. The summed E-state index contributed by atoms with van der Waals surface area (Å²) in [7, 11) is 0. The van der Waals surface area contributed by atoms with Crippen molar-refractivity contribution in [3.05, 3.63) is 54.0 Å². The minimum atomic E-state index is -0.194. The standard InChI is InChI=1S/C13H14N2O2/c1-9(14)10-3-2-4-12(7-10)15-13(16)11-5-6-17-8-11/h2-9H,14H2,1H3,(H,15,16). The van der Waals surface area contributed by atoms with Crippen LogP contribution in [0.4, 0.5) is 5.69 Å². The molecule has 4 heteroatoms. The Labute approximate surface area is 99.4 Å². The zero-order valence-electron chi connectivity index (χ0n) is 9.51. The molecule has 3 N–H and O–H groups in total. The fraction of sp³-hybridized carbons (Fsp3) is 0.154. The molecule has 0 aliphatic heterocycles. The average Bonchev–Trinajstić information content (AvgIpc) is 2.82. The van der Waals surface area contributed by atoms with E-state index in [9.17, 15) is 4.79 Å². The Morgan fingerprint density at radius 1 is 1.41 bits per heavy atom. The van der Waals surface area contributed by atoms with Crippen LogP contribution in [-0.4, -0.2) is 5.91 Å². The Balaban J connectivity index is 2.14. The van der Waals surface area contributed by atoms with E-state index in [1.54, 1.807) is 6.07 Å². The van der Waals surface area contributed by atoms with Crippen LogP contribution in [0.15, 0.2) is 47.3 Å². The second-order valence-corrected chi connectivity index (χ2v) is 3.88. The summed E-state index contributed by atoms with van der Waals surface area (Å²) >= 11 is 0. The summed E-state index contributed by atoms with van der Waals surface area (Å²) in [5, 5.41) is 2.79. The molecule has 17 heavy (non-hydrogen) atoms. The van der Waals surface area contributed by atoms with E-state index in [0.29, 0.717) is 5.56 Å². The summed E-state index contributed by atoms with van der Waals surface area (Å²) in [4.78, 5) is 11.8. The highest BCUT2D eigenvalue weighted by Gasteiger charge is 2.07. The van der Waals surface area contributed by atoms with Crippen molar-refractivity contribution in [3.63, 3.8) is 0 Å². The van der Waals surface area contributed by atoms with Crippen LogP contribution in [0.1, 0.15) is 28.9 Å². The maximum atomic E-state index is 11.8. The number of nitrogens with two attached hydrogens (primary N) is 1. The van der Waals surface area contributed by atoms with Gasteiger partial charge in [0.1, 0.15) is 6.26 Å². The fourth-order valence-electron chi connectivity index (χ4n) is 1.50. The SMILES string of the molecule is CC(N)c1cccc(NC(=O)c2ccoc2)c1. The van der Waals surface area contributed by atoms with Gasteiger partial charge in [-0.15, -0.1) is 0 Å². The molecule has 0 aliphatic rings. The van der Waals surface area contributed by atoms with Crippen LogP contribution < -0.4 is 11.1 Å². The van der Waals surface area contributed by atoms with Crippen molar-refractivity contribution in [2.24, 2.45) is 5.73 Å². The molecule has 0 fully saturated rings. The fourth-order valence-corrected chi connectivity index (χ4v) is 1.50. The normalized spacial score (nSPS) is 12.1. The van der Waals surface area contributed by atoms with Crippen LogP contribution in [0, 0.1) is 0 Å². The molecule has 88 valence electrons. The predicted octanol–water partition coefficient (Wildman–Crippen LogP) is 2.55. The number of carbonyl (C=O) groups excluding carboxylic acids is 1. The number of rotatable bonds is 3. The lowest BCUT2D eigenvalue weighted by atomic mass is 10.1. The van der Waals surface area contributed by atoms with E-state index in [1.807, 2.05) is 31.2 Å². The van der Waals surface area contributed by atoms with E-state index in [4.69, 9.17) is 10.2 Å². The van der Waals surface area contributed by atoms with E-state index in [2.05, 4.69) is 5.32 Å². The molecule has 4 nitrogen and oxygen atoms in total. The highest BCUT2D eigenvalue weighted by molar-refractivity contribution is 6.04. The Kier molecular flexibility index (Phi) is 3.25. The zero-order chi connectivity index (χ0) is 12.3. The lowest BCUT2D eigenvalue weighted by Gasteiger charge is -2.08. The molecule has 1 unspecified atom stereocenters. The maximum absolute atomic E-state index is 11.8. The van der Waals surface area contributed by atoms with E-state index < -0.39 is 0 Å². The molecule has 1 amide bonds. The summed E-state index contributed by atoms with van der Waals surface area (Å²) in [5.41, 5.74) is 7.99. The first-order valence-electron chi connectivity index (χ1n) is 5.36. The molecule has 0 aliphatic carbocycles. The Bertz CT molecular complexity index is 504. The van der Waals surface area contributed by atoms with Gasteiger partial charge in [0.2, 0.25) is 0 Å². The van der Waals surface area contributed by atoms with Crippen molar-refractivity contribution < 1.29 is 9.21 Å². The van der Waals surface area contributed by atoms with Crippen LogP contribution >= 0.6 is 0 Å². The van der Waals surface area contributed by atoms with Gasteiger partial charge in [-0.2, -0.15) is 0 Å². The largest absolute Gasteiger partial charge is 0.472 e. The molecule has 2 rings (SSSR count). The molecule has 1 aromatic carbocycles. The lowest BCUT2D eigenvalue weighted by molar-refractivity contribution is 0.102. The van der Waals surface area contributed by atoms with Crippen molar-refractivity contribution in [2.45, 2.75) is 13.0 Å². The van der Waals surface area contributed by atoms with Gasteiger partial charge in [-0.1, -0.05) is 12.1 Å². The van der Waals surface area contributed by atoms with Crippen LogP contribution in [0.25, 0.3) is 0 Å². The molecule has 0 saturated carbocycles. The third-order valence-corrected chi connectivity index (χ3v) is 2.45. The van der Waals surface area contributed by atoms with E-state index in [1.165, 1.54) is 12.5 Å².